The molecule has 1 saturated carbocycles. The Morgan fingerprint density at radius 1 is 1.36 bits per heavy atom. The average molecular weight is 213 g/mol. The van der Waals surface area contributed by atoms with Gasteiger partial charge in [0.05, 0.1) is 13.2 Å². The van der Waals surface area contributed by atoms with Crippen LogP contribution in [0.3, 0.4) is 0 Å². The summed E-state index contributed by atoms with van der Waals surface area (Å²) in [6, 6.07) is 5.35. The molecule has 0 aromatic heterocycles. The first-order valence-corrected chi connectivity index (χ1v) is 5.19. The molecule has 0 unspecified atom stereocenters. The van der Waals surface area contributed by atoms with E-state index in [0.717, 1.165) is 23.8 Å². The molecule has 0 spiro atoms. The van der Waals surface area contributed by atoms with E-state index < -0.39 is 0 Å². The molecular formula is C11H13ClO2. The van der Waals surface area contributed by atoms with Gasteiger partial charge in [0.25, 0.3) is 0 Å². The molecule has 2 nitrogen and oxygen atoms in total. The van der Waals surface area contributed by atoms with Crippen molar-refractivity contribution in [1.29, 1.82) is 0 Å². The zero-order valence-electron chi connectivity index (χ0n) is 7.87. The van der Waals surface area contributed by atoms with Gasteiger partial charge in [0.15, 0.2) is 0 Å². The summed E-state index contributed by atoms with van der Waals surface area (Å²) < 4.78 is 5.56. The second-order valence-electron chi connectivity index (χ2n) is 3.71. The number of ether oxygens (including phenoxy) is 1. The highest BCUT2D eigenvalue weighted by atomic mass is 35.5. The van der Waals surface area contributed by atoms with Crippen LogP contribution in [0.4, 0.5) is 0 Å². The fourth-order valence-electron chi connectivity index (χ4n) is 1.29. The van der Waals surface area contributed by atoms with Gasteiger partial charge in [-0.15, -0.1) is 0 Å². The smallest absolute Gasteiger partial charge is 0.121 e. The Hall–Kier alpha value is -0.730. The summed E-state index contributed by atoms with van der Waals surface area (Å²) in [6.07, 6.45) is 2.54. The number of hydrogen-bond acceptors (Lipinski definition) is 2. The lowest BCUT2D eigenvalue weighted by molar-refractivity contribution is 0.277. The van der Waals surface area contributed by atoms with Gasteiger partial charge < -0.3 is 9.84 Å². The summed E-state index contributed by atoms with van der Waals surface area (Å²) in [5.41, 5.74) is 0.795. The van der Waals surface area contributed by atoms with E-state index in [-0.39, 0.29) is 6.61 Å². The second kappa shape index (κ2) is 4.20. The van der Waals surface area contributed by atoms with Gasteiger partial charge in [-0.3, -0.25) is 0 Å². The summed E-state index contributed by atoms with van der Waals surface area (Å²) >= 11 is 5.87. The van der Waals surface area contributed by atoms with Gasteiger partial charge in [0, 0.05) is 5.02 Å². The van der Waals surface area contributed by atoms with Crippen LogP contribution in [0.25, 0.3) is 0 Å². The van der Waals surface area contributed by atoms with E-state index in [9.17, 15) is 0 Å². The summed E-state index contributed by atoms with van der Waals surface area (Å²) in [4.78, 5) is 0. The minimum atomic E-state index is 0.000346. The lowest BCUT2D eigenvalue weighted by atomic mass is 10.2. The molecule has 3 heteroatoms. The third kappa shape index (κ3) is 2.63. The number of benzene rings is 1. The van der Waals surface area contributed by atoms with Gasteiger partial charge in [-0.2, -0.15) is 0 Å². The lowest BCUT2D eigenvalue weighted by Crippen LogP contribution is -1.99. The Morgan fingerprint density at radius 3 is 2.79 bits per heavy atom. The van der Waals surface area contributed by atoms with Crippen LogP contribution in [0.1, 0.15) is 18.4 Å². The Labute approximate surface area is 88.5 Å². The Morgan fingerprint density at radius 2 is 2.14 bits per heavy atom. The Balaban J connectivity index is 2.03. The van der Waals surface area contributed by atoms with Crippen LogP contribution in [0.5, 0.6) is 5.75 Å². The van der Waals surface area contributed by atoms with E-state index >= 15 is 0 Å². The van der Waals surface area contributed by atoms with Crippen LogP contribution in [-0.4, -0.2) is 11.7 Å². The standard InChI is InChI=1S/C11H13ClO2/c12-10-3-9(6-13)4-11(5-10)14-7-8-1-2-8/h3-5,8,13H,1-2,6-7H2. The number of aliphatic hydroxyl groups is 1. The molecule has 0 amide bonds. The topological polar surface area (TPSA) is 29.5 Å². The van der Waals surface area contributed by atoms with Gasteiger partial charge in [0.2, 0.25) is 0 Å². The molecule has 2 rings (SSSR count). The first-order chi connectivity index (χ1) is 6.78. The van der Waals surface area contributed by atoms with Crippen molar-refractivity contribution in [2.24, 2.45) is 5.92 Å². The van der Waals surface area contributed by atoms with Crippen molar-refractivity contribution < 1.29 is 9.84 Å². The van der Waals surface area contributed by atoms with Crippen molar-refractivity contribution in [2.75, 3.05) is 6.61 Å². The van der Waals surface area contributed by atoms with Crippen LogP contribution in [0, 0.1) is 5.92 Å². The van der Waals surface area contributed by atoms with E-state index in [4.69, 9.17) is 21.4 Å². The molecule has 0 atom stereocenters. The monoisotopic (exact) mass is 212 g/mol. The van der Waals surface area contributed by atoms with Gasteiger partial charge in [-0.05, 0) is 42.5 Å². The molecular weight excluding hydrogens is 200 g/mol. The van der Waals surface area contributed by atoms with Crippen molar-refractivity contribution in [3.63, 3.8) is 0 Å². The van der Waals surface area contributed by atoms with Crippen molar-refractivity contribution >= 4 is 11.6 Å². The molecule has 76 valence electrons. The van der Waals surface area contributed by atoms with E-state index in [0.29, 0.717) is 5.02 Å². The first-order valence-electron chi connectivity index (χ1n) is 4.81. The van der Waals surface area contributed by atoms with Gasteiger partial charge in [-0.1, -0.05) is 11.6 Å². The van der Waals surface area contributed by atoms with Gasteiger partial charge in [0.1, 0.15) is 5.75 Å². The maximum Gasteiger partial charge on any atom is 0.121 e. The highest BCUT2D eigenvalue weighted by Crippen LogP contribution is 2.30. The largest absolute Gasteiger partial charge is 0.493 e. The first kappa shape index (κ1) is 9.81. The Kier molecular flexibility index (Phi) is 2.94. The van der Waals surface area contributed by atoms with Crippen LogP contribution >= 0.6 is 11.6 Å². The zero-order chi connectivity index (χ0) is 9.97. The Bertz CT molecular complexity index is 321. The molecule has 0 saturated heterocycles. The van der Waals surface area contributed by atoms with Crippen molar-refractivity contribution in [3.8, 4) is 5.75 Å². The number of hydrogen-bond donors (Lipinski definition) is 1. The summed E-state index contributed by atoms with van der Waals surface area (Å²) in [6.45, 7) is 0.769. The normalized spacial score (nSPS) is 15.6. The minimum Gasteiger partial charge on any atom is -0.493 e. The molecule has 0 radical (unpaired) electrons. The summed E-state index contributed by atoms with van der Waals surface area (Å²) in [5.74, 6) is 1.49. The van der Waals surface area contributed by atoms with E-state index in [2.05, 4.69) is 0 Å². The van der Waals surface area contributed by atoms with Crippen LogP contribution in [-0.2, 0) is 6.61 Å². The van der Waals surface area contributed by atoms with Gasteiger partial charge in [-0.25, -0.2) is 0 Å². The number of rotatable bonds is 4. The fraction of sp³-hybridized carbons (Fsp3) is 0.455. The molecule has 0 aliphatic heterocycles. The number of aliphatic hydroxyl groups excluding tert-OH is 1. The molecule has 1 aliphatic rings. The summed E-state index contributed by atoms with van der Waals surface area (Å²) in [7, 11) is 0. The molecule has 1 aromatic rings. The third-order valence-electron chi connectivity index (χ3n) is 2.30. The highest BCUT2D eigenvalue weighted by Gasteiger charge is 2.21. The molecule has 14 heavy (non-hydrogen) atoms. The lowest BCUT2D eigenvalue weighted by Gasteiger charge is -2.07. The van der Waals surface area contributed by atoms with Crippen molar-refractivity contribution in [1.82, 2.24) is 0 Å². The third-order valence-corrected chi connectivity index (χ3v) is 2.51. The highest BCUT2D eigenvalue weighted by molar-refractivity contribution is 6.30. The SMILES string of the molecule is OCc1cc(Cl)cc(OCC2CC2)c1. The van der Waals surface area contributed by atoms with E-state index in [1.165, 1.54) is 12.8 Å². The number of halogens is 1. The van der Waals surface area contributed by atoms with Crippen LogP contribution in [0.15, 0.2) is 18.2 Å². The maximum atomic E-state index is 8.96. The molecule has 1 fully saturated rings. The van der Waals surface area contributed by atoms with E-state index in [1.54, 1.807) is 12.1 Å². The maximum absolute atomic E-state index is 8.96. The van der Waals surface area contributed by atoms with Gasteiger partial charge >= 0.3 is 0 Å². The average Bonchev–Trinajstić information content (AvgIpc) is 2.97. The predicted molar refractivity (Wildman–Crippen MR) is 55.6 cm³/mol. The van der Waals surface area contributed by atoms with Crippen molar-refractivity contribution in [2.45, 2.75) is 19.4 Å². The minimum absolute atomic E-state index is 0.000346. The molecule has 1 N–H and O–H groups in total. The van der Waals surface area contributed by atoms with Crippen LogP contribution in [0.2, 0.25) is 5.02 Å². The van der Waals surface area contributed by atoms with Crippen LogP contribution < -0.4 is 4.74 Å². The molecule has 1 aliphatic carbocycles. The second-order valence-corrected chi connectivity index (χ2v) is 4.14. The molecule has 0 bridgehead atoms. The molecule has 0 heterocycles. The molecule has 1 aromatic carbocycles. The quantitative estimate of drug-likeness (QED) is 0.832. The summed E-state index contributed by atoms with van der Waals surface area (Å²) in [5, 5.41) is 9.58. The predicted octanol–water partition coefficient (Wildman–Crippen LogP) is 2.62. The van der Waals surface area contributed by atoms with E-state index in [1.807, 2.05) is 6.07 Å². The zero-order valence-corrected chi connectivity index (χ0v) is 8.63. The van der Waals surface area contributed by atoms with Crippen molar-refractivity contribution in [3.05, 3.63) is 28.8 Å². The fourth-order valence-corrected chi connectivity index (χ4v) is 1.54.